The number of anilines is 3. The molecule has 2 aromatic carbocycles. The van der Waals surface area contributed by atoms with Crippen LogP contribution in [0.1, 0.15) is 5.56 Å². The average Bonchev–Trinajstić information content (AvgIpc) is 2.35. The zero-order valence-electron chi connectivity index (χ0n) is 9.55. The molecular weight excluding hydrogens is 255 g/mol. The molecule has 3 nitrogen and oxygen atoms in total. The van der Waals surface area contributed by atoms with Crippen molar-refractivity contribution in [3.63, 3.8) is 0 Å². The summed E-state index contributed by atoms with van der Waals surface area (Å²) in [5.41, 5.74) is 4.89. The maximum atomic E-state index is 13.4. The fourth-order valence-corrected chi connectivity index (χ4v) is 1.58. The van der Waals surface area contributed by atoms with Crippen LogP contribution in [0, 0.1) is 28.8 Å². The Morgan fingerprint density at radius 3 is 2.47 bits per heavy atom. The second-order valence-electron chi connectivity index (χ2n) is 3.75. The van der Waals surface area contributed by atoms with Gasteiger partial charge in [-0.25, -0.2) is 13.2 Å². The Kier molecular flexibility index (Phi) is 3.29. The molecule has 0 aromatic heterocycles. The summed E-state index contributed by atoms with van der Waals surface area (Å²) in [4.78, 5) is 0. The largest absolute Gasteiger partial charge is 0.395 e. The Balaban J connectivity index is 2.48. The minimum Gasteiger partial charge on any atom is -0.395 e. The summed E-state index contributed by atoms with van der Waals surface area (Å²) in [5.74, 6) is -2.50. The summed E-state index contributed by atoms with van der Waals surface area (Å²) < 4.78 is 39.7. The van der Waals surface area contributed by atoms with Crippen molar-refractivity contribution in [2.75, 3.05) is 11.1 Å². The molecule has 3 N–H and O–H groups in total. The number of nitrogen functional groups attached to an aromatic ring is 1. The first-order valence-electron chi connectivity index (χ1n) is 5.23. The number of hydrogen-bond acceptors (Lipinski definition) is 3. The van der Waals surface area contributed by atoms with Crippen molar-refractivity contribution < 1.29 is 13.2 Å². The molecule has 0 radical (unpaired) electrons. The summed E-state index contributed by atoms with van der Waals surface area (Å²) in [5, 5.41) is 11.4. The molecule has 0 aliphatic heterocycles. The van der Waals surface area contributed by atoms with E-state index in [1.54, 1.807) is 6.07 Å². The first-order valence-corrected chi connectivity index (χ1v) is 5.23. The Morgan fingerprint density at radius 1 is 1.05 bits per heavy atom. The van der Waals surface area contributed by atoms with Gasteiger partial charge >= 0.3 is 0 Å². The van der Waals surface area contributed by atoms with Crippen LogP contribution in [0.25, 0.3) is 0 Å². The quantitative estimate of drug-likeness (QED) is 0.817. The zero-order chi connectivity index (χ0) is 14.0. The molecule has 0 bridgehead atoms. The molecule has 0 spiro atoms. The molecule has 6 heteroatoms. The molecule has 19 heavy (non-hydrogen) atoms. The molecule has 2 aromatic rings. The van der Waals surface area contributed by atoms with Gasteiger partial charge < -0.3 is 11.1 Å². The van der Waals surface area contributed by atoms with E-state index in [4.69, 9.17) is 11.0 Å². The highest BCUT2D eigenvalue weighted by molar-refractivity contribution is 5.75. The van der Waals surface area contributed by atoms with Gasteiger partial charge in [-0.1, -0.05) is 6.07 Å². The van der Waals surface area contributed by atoms with E-state index in [2.05, 4.69) is 5.32 Å². The van der Waals surface area contributed by atoms with E-state index in [-0.39, 0.29) is 22.6 Å². The number of nitrogens with one attached hydrogen (secondary N) is 1. The van der Waals surface area contributed by atoms with Crippen LogP contribution in [0.15, 0.2) is 30.3 Å². The van der Waals surface area contributed by atoms with Crippen LogP contribution in [0.4, 0.5) is 30.2 Å². The van der Waals surface area contributed by atoms with Crippen LogP contribution in [0.5, 0.6) is 0 Å². The highest BCUT2D eigenvalue weighted by Gasteiger charge is 2.12. The van der Waals surface area contributed by atoms with Crippen molar-refractivity contribution in [1.82, 2.24) is 0 Å². The normalized spacial score (nSPS) is 10.0. The number of nitriles is 1. The average molecular weight is 263 g/mol. The second kappa shape index (κ2) is 4.90. The number of benzene rings is 2. The number of nitrogens with two attached hydrogens (primary N) is 1. The Hall–Kier alpha value is -2.68. The summed E-state index contributed by atoms with van der Waals surface area (Å²) in [6.07, 6.45) is 0. The van der Waals surface area contributed by atoms with Crippen molar-refractivity contribution in [2.45, 2.75) is 0 Å². The van der Waals surface area contributed by atoms with E-state index in [0.29, 0.717) is 6.07 Å². The third-order valence-electron chi connectivity index (χ3n) is 2.49. The summed E-state index contributed by atoms with van der Waals surface area (Å²) in [7, 11) is 0. The molecule has 0 aliphatic carbocycles. The third-order valence-corrected chi connectivity index (χ3v) is 2.49. The fraction of sp³-hybridized carbons (Fsp3) is 0. The lowest BCUT2D eigenvalue weighted by Gasteiger charge is -2.11. The summed E-state index contributed by atoms with van der Waals surface area (Å²) >= 11 is 0. The van der Waals surface area contributed by atoms with Crippen LogP contribution in [0.2, 0.25) is 0 Å². The molecule has 0 heterocycles. The Bertz CT molecular complexity index is 678. The monoisotopic (exact) mass is 263 g/mol. The molecule has 0 saturated carbocycles. The van der Waals surface area contributed by atoms with Crippen molar-refractivity contribution in [3.8, 4) is 6.07 Å². The van der Waals surface area contributed by atoms with E-state index in [9.17, 15) is 13.2 Å². The maximum Gasteiger partial charge on any atom is 0.151 e. The van der Waals surface area contributed by atoms with E-state index >= 15 is 0 Å². The molecule has 0 saturated heterocycles. The maximum absolute atomic E-state index is 13.4. The highest BCUT2D eigenvalue weighted by Crippen LogP contribution is 2.29. The second-order valence-corrected chi connectivity index (χ2v) is 3.75. The molecule has 0 fully saturated rings. The highest BCUT2D eigenvalue weighted by atomic mass is 19.1. The van der Waals surface area contributed by atoms with Gasteiger partial charge in [-0.05, 0) is 18.2 Å². The minimum absolute atomic E-state index is 0.0698. The fourth-order valence-electron chi connectivity index (χ4n) is 1.58. The van der Waals surface area contributed by atoms with E-state index in [1.165, 1.54) is 12.1 Å². The predicted octanol–water partition coefficient (Wildman–Crippen LogP) is 3.30. The Labute approximate surface area is 107 Å². The van der Waals surface area contributed by atoms with Crippen molar-refractivity contribution in [2.24, 2.45) is 0 Å². The van der Waals surface area contributed by atoms with Crippen LogP contribution in [0.3, 0.4) is 0 Å². The number of hydrogen-bond donors (Lipinski definition) is 2. The zero-order valence-corrected chi connectivity index (χ0v) is 9.55. The Morgan fingerprint density at radius 2 is 1.79 bits per heavy atom. The van der Waals surface area contributed by atoms with Gasteiger partial charge in [-0.3, -0.25) is 0 Å². The predicted molar refractivity (Wildman–Crippen MR) is 65.2 cm³/mol. The molecular formula is C13H8F3N3. The van der Waals surface area contributed by atoms with Gasteiger partial charge in [0.05, 0.1) is 17.1 Å². The van der Waals surface area contributed by atoms with Crippen LogP contribution < -0.4 is 11.1 Å². The first-order chi connectivity index (χ1) is 9.02. The van der Waals surface area contributed by atoms with E-state index < -0.39 is 17.5 Å². The molecule has 96 valence electrons. The number of nitrogens with zero attached hydrogens (tertiary/aromatic N) is 1. The molecule has 0 atom stereocenters. The van der Waals surface area contributed by atoms with E-state index in [0.717, 1.165) is 12.1 Å². The third kappa shape index (κ3) is 2.45. The van der Waals surface area contributed by atoms with Crippen molar-refractivity contribution in [1.29, 1.82) is 5.26 Å². The van der Waals surface area contributed by atoms with Gasteiger partial charge in [0.1, 0.15) is 23.3 Å². The van der Waals surface area contributed by atoms with Gasteiger partial charge in [0.2, 0.25) is 0 Å². The lowest BCUT2D eigenvalue weighted by Crippen LogP contribution is -2.02. The van der Waals surface area contributed by atoms with Gasteiger partial charge in [-0.2, -0.15) is 5.26 Å². The minimum atomic E-state index is -0.933. The summed E-state index contributed by atoms with van der Waals surface area (Å²) in [6, 6.07) is 7.15. The van der Waals surface area contributed by atoms with E-state index in [1.807, 2.05) is 0 Å². The van der Waals surface area contributed by atoms with Crippen molar-refractivity contribution in [3.05, 3.63) is 53.3 Å². The topological polar surface area (TPSA) is 61.8 Å². The standard InChI is InChI=1S/C13H8F3N3/c14-7-4-10(16)13(18)12(5-7)19-11-3-1-2-9(15)8(11)6-17/h1-5,19H,18H2. The molecule has 0 aliphatic rings. The SMILES string of the molecule is N#Cc1c(F)cccc1Nc1cc(F)cc(F)c1N. The molecule has 2 rings (SSSR count). The number of rotatable bonds is 2. The van der Waals surface area contributed by atoms with Gasteiger partial charge in [0.25, 0.3) is 0 Å². The van der Waals surface area contributed by atoms with Gasteiger partial charge in [0, 0.05) is 6.07 Å². The van der Waals surface area contributed by atoms with Gasteiger partial charge in [-0.15, -0.1) is 0 Å². The van der Waals surface area contributed by atoms with Crippen LogP contribution in [-0.2, 0) is 0 Å². The molecule has 0 unspecified atom stereocenters. The first kappa shape index (κ1) is 12.8. The van der Waals surface area contributed by atoms with Crippen LogP contribution in [-0.4, -0.2) is 0 Å². The lowest BCUT2D eigenvalue weighted by atomic mass is 10.1. The number of halogens is 3. The van der Waals surface area contributed by atoms with Crippen LogP contribution >= 0.6 is 0 Å². The summed E-state index contributed by atoms with van der Waals surface area (Å²) in [6.45, 7) is 0. The lowest BCUT2D eigenvalue weighted by molar-refractivity contribution is 0.587. The smallest absolute Gasteiger partial charge is 0.151 e. The molecule has 0 amide bonds. The van der Waals surface area contributed by atoms with Crippen molar-refractivity contribution >= 4 is 17.1 Å². The van der Waals surface area contributed by atoms with Gasteiger partial charge in [0.15, 0.2) is 5.82 Å².